The monoisotopic (exact) mass is 196 g/mol. The molecule has 0 aromatic rings. The summed E-state index contributed by atoms with van der Waals surface area (Å²) in [6.45, 7) is 9.27. The highest BCUT2D eigenvalue weighted by molar-refractivity contribution is 4.93. The van der Waals surface area contributed by atoms with Gasteiger partial charge in [0, 0.05) is 24.7 Å². The molecule has 1 aliphatic carbocycles. The van der Waals surface area contributed by atoms with Gasteiger partial charge in [0.05, 0.1) is 0 Å². The lowest BCUT2D eigenvalue weighted by molar-refractivity contribution is 0.0611. The molecule has 1 saturated heterocycles. The zero-order chi connectivity index (χ0) is 10.3. The molecule has 2 fully saturated rings. The predicted octanol–water partition coefficient (Wildman–Crippen LogP) is 1.84. The van der Waals surface area contributed by atoms with Gasteiger partial charge in [0.25, 0.3) is 0 Å². The summed E-state index contributed by atoms with van der Waals surface area (Å²) in [5, 5.41) is 0. The molecule has 1 aliphatic heterocycles. The smallest absolute Gasteiger partial charge is 0.0171 e. The molecule has 0 spiro atoms. The Morgan fingerprint density at radius 2 is 1.71 bits per heavy atom. The molecule has 2 N–H and O–H groups in total. The van der Waals surface area contributed by atoms with Crippen LogP contribution < -0.4 is 5.73 Å². The summed E-state index contributed by atoms with van der Waals surface area (Å²) in [6, 6.07) is 0.411. The first-order chi connectivity index (χ1) is 6.47. The van der Waals surface area contributed by atoms with Crippen molar-refractivity contribution >= 4 is 0 Å². The second kappa shape index (κ2) is 3.49. The Morgan fingerprint density at radius 1 is 1.07 bits per heavy atom. The summed E-state index contributed by atoms with van der Waals surface area (Å²) in [7, 11) is 0. The molecule has 2 nitrogen and oxygen atoms in total. The fraction of sp³-hybridized carbons (Fsp3) is 1.00. The molecule has 0 unspecified atom stereocenters. The number of piperidine rings is 1. The Bertz CT molecular complexity index is 203. The van der Waals surface area contributed by atoms with Crippen LogP contribution in [0.2, 0.25) is 0 Å². The van der Waals surface area contributed by atoms with Crippen LogP contribution in [0.3, 0.4) is 0 Å². The standard InChI is InChI=1S/C12H24N2/c1-12(2,3)14-7-10(9-4-5-9)6-11(13)8-14/h9-11H,4-8,13H2,1-3H3/t10-,11+/m1/s1. The van der Waals surface area contributed by atoms with E-state index in [9.17, 15) is 0 Å². The Morgan fingerprint density at radius 3 is 2.21 bits per heavy atom. The largest absolute Gasteiger partial charge is 0.327 e. The van der Waals surface area contributed by atoms with Crippen molar-refractivity contribution in [1.29, 1.82) is 0 Å². The summed E-state index contributed by atoms with van der Waals surface area (Å²) >= 11 is 0. The molecule has 0 bridgehead atoms. The first-order valence-electron chi connectivity index (χ1n) is 5.97. The van der Waals surface area contributed by atoms with E-state index in [1.165, 1.54) is 25.8 Å². The highest BCUT2D eigenvalue weighted by Gasteiger charge is 2.38. The molecule has 2 atom stereocenters. The maximum Gasteiger partial charge on any atom is 0.0171 e. The van der Waals surface area contributed by atoms with Crippen molar-refractivity contribution < 1.29 is 0 Å². The van der Waals surface area contributed by atoms with Crippen LogP contribution in [-0.2, 0) is 0 Å². The quantitative estimate of drug-likeness (QED) is 0.693. The van der Waals surface area contributed by atoms with Crippen LogP contribution in [0.25, 0.3) is 0 Å². The minimum Gasteiger partial charge on any atom is -0.327 e. The molecule has 0 radical (unpaired) electrons. The number of rotatable bonds is 1. The molecular weight excluding hydrogens is 172 g/mol. The van der Waals surface area contributed by atoms with Gasteiger partial charge in [-0.2, -0.15) is 0 Å². The van der Waals surface area contributed by atoms with Gasteiger partial charge in [0.15, 0.2) is 0 Å². The first-order valence-corrected chi connectivity index (χ1v) is 5.97. The predicted molar refractivity (Wildman–Crippen MR) is 60.1 cm³/mol. The van der Waals surface area contributed by atoms with Gasteiger partial charge in [0.2, 0.25) is 0 Å². The van der Waals surface area contributed by atoms with E-state index < -0.39 is 0 Å². The van der Waals surface area contributed by atoms with E-state index in [4.69, 9.17) is 5.73 Å². The Labute approximate surface area is 87.8 Å². The second-order valence-corrected chi connectivity index (χ2v) is 6.17. The van der Waals surface area contributed by atoms with Crippen molar-refractivity contribution in [2.24, 2.45) is 17.6 Å². The fourth-order valence-electron chi connectivity index (χ4n) is 2.64. The van der Waals surface area contributed by atoms with E-state index in [2.05, 4.69) is 25.7 Å². The summed E-state index contributed by atoms with van der Waals surface area (Å²) in [4.78, 5) is 2.57. The van der Waals surface area contributed by atoms with Crippen LogP contribution >= 0.6 is 0 Å². The van der Waals surface area contributed by atoms with E-state index in [0.717, 1.165) is 18.4 Å². The molecular formula is C12H24N2. The van der Waals surface area contributed by atoms with E-state index in [1.54, 1.807) is 0 Å². The Kier molecular flexibility index (Phi) is 2.61. The van der Waals surface area contributed by atoms with Gasteiger partial charge in [0.1, 0.15) is 0 Å². The average molecular weight is 196 g/mol. The minimum atomic E-state index is 0.297. The lowest BCUT2D eigenvalue weighted by Gasteiger charge is -2.44. The Hall–Kier alpha value is -0.0800. The molecule has 0 aromatic carbocycles. The molecule has 82 valence electrons. The summed E-state index contributed by atoms with van der Waals surface area (Å²) in [5.74, 6) is 1.89. The molecule has 2 heteroatoms. The molecule has 1 heterocycles. The molecule has 1 saturated carbocycles. The van der Waals surface area contributed by atoms with Gasteiger partial charge >= 0.3 is 0 Å². The molecule has 2 aliphatic rings. The first kappa shape index (κ1) is 10.4. The summed E-state index contributed by atoms with van der Waals surface area (Å²) in [6.07, 6.45) is 4.17. The maximum absolute atomic E-state index is 6.14. The topological polar surface area (TPSA) is 29.3 Å². The number of likely N-dealkylation sites (tertiary alicyclic amines) is 1. The molecule has 0 aromatic heterocycles. The number of nitrogens with zero attached hydrogens (tertiary/aromatic N) is 1. The lowest BCUT2D eigenvalue weighted by Crippen LogP contribution is -2.54. The van der Waals surface area contributed by atoms with Crippen LogP contribution in [-0.4, -0.2) is 29.6 Å². The van der Waals surface area contributed by atoms with E-state index >= 15 is 0 Å². The van der Waals surface area contributed by atoms with Crippen LogP contribution in [0, 0.1) is 11.8 Å². The molecule has 0 amide bonds. The van der Waals surface area contributed by atoms with Gasteiger partial charge < -0.3 is 5.73 Å². The van der Waals surface area contributed by atoms with Crippen molar-refractivity contribution in [2.45, 2.75) is 51.6 Å². The summed E-state index contributed by atoms with van der Waals surface area (Å²) in [5.41, 5.74) is 6.43. The summed E-state index contributed by atoms with van der Waals surface area (Å²) < 4.78 is 0. The van der Waals surface area contributed by atoms with E-state index in [1.807, 2.05) is 0 Å². The molecule has 2 rings (SSSR count). The molecule has 14 heavy (non-hydrogen) atoms. The highest BCUT2D eigenvalue weighted by Crippen LogP contribution is 2.41. The van der Waals surface area contributed by atoms with Crippen LogP contribution in [0.15, 0.2) is 0 Å². The van der Waals surface area contributed by atoms with Crippen molar-refractivity contribution in [2.75, 3.05) is 13.1 Å². The van der Waals surface area contributed by atoms with Crippen molar-refractivity contribution in [1.82, 2.24) is 4.90 Å². The average Bonchev–Trinajstić information content (AvgIpc) is 2.83. The third-order valence-corrected chi connectivity index (χ3v) is 3.75. The maximum atomic E-state index is 6.14. The van der Waals surface area contributed by atoms with Crippen LogP contribution in [0.1, 0.15) is 40.0 Å². The zero-order valence-electron chi connectivity index (χ0n) is 9.79. The van der Waals surface area contributed by atoms with Gasteiger partial charge in [-0.3, -0.25) is 4.90 Å². The van der Waals surface area contributed by atoms with Crippen molar-refractivity contribution in [3.8, 4) is 0 Å². The minimum absolute atomic E-state index is 0.297. The van der Waals surface area contributed by atoms with Gasteiger partial charge in [-0.1, -0.05) is 0 Å². The number of nitrogens with two attached hydrogens (primary N) is 1. The van der Waals surface area contributed by atoms with E-state index in [-0.39, 0.29) is 0 Å². The van der Waals surface area contributed by atoms with E-state index in [0.29, 0.717) is 11.6 Å². The SMILES string of the molecule is CC(C)(C)N1C[C@@H](N)C[C@@H](C2CC2)C1. The van der Waals surface area contributed by atoms with Crippen LogP contribution in [0.4, 0.5) is 0 Å². The van der Waals surface area contributed by atoms with Gasteiger partial charge in [-0.15, -0.1) is 0 Å². The fourth-order valence-corrected chi connectivity index (χ4v) is 2.64. The van der Waals surface area contributed by atoms with Gasteiger partial charge in [-0.25, -0.2) is 0 Å². The van der Waals surface area contributed by atoms with Crippen molar-refractivity contribution in [3.63, 3.8) is 0 Å². The number of hydrogen-bond acceptors (Lipinski definition) is 2. The lowest BCUT2D eigenvalue weighted by atomic mass is 9.88. The van der Waals surface area contributed by atoms with Crippen molar-refractivity contribution in [3.05, 3.63) is 0 Å². The Balaban J connectivity index is 1.98. The number of hydrogen-bond donors (Lipinski definition) is 1. The third-order valence-electron chi connectivity index (χ3n) is 3.75. The highest BCUT2D eigenvalue weighted by atomic mass is 15.2. The third kappa shape index (κ3) is 2.29. The van der Waals surface area contributed by atoms with Crippen LogP contribution in [0.5, 0.6) is 0 Å². The second-order valence-electron chi connectivity index (χ2n) is 6.17. The van der Waals surface area contributed by atoms with Gasteiger partial charge in [-0.05, 0) is 51.9 Å². The zero-order valence-corrected chi connectivity index (χ0v) is 9.79. The normalized spacial score (nSPS) is 36.0.